The highest BCUT2D eigenvalue weighted by Crippen LogP contribution is 2.35. The minimum Gasteiger partial charge on any atom is -0.497 e. The maximum absolute atomic E-state index is 13.3. The van der Waals surface area contributed by atoms with Crippen LogP contribution in [0.3, 0.4) is 0 Å². The molecule has 0 spiro atoms. The van der Waals surface area contributed by atoms with Crippen molar-refractivity contribution in [3.05, 3.63) is 47.6 Å². The molecular weight excluding hydrogens is 357 g/mol. The molecule has 1 heterocycles. The molecule has 2 amide bonds. The summed E-state index contributed by atoms with van der Waals surface area (Å²) in [5, 5.41) is 2.14. The van der Waals surface area contributed by atoms with E-state index in [0.717, 1.165) is 23.1 Å². The number of methoxy groups -OCH3 is 1. The van der Waals surface area contributed by atoms with Gasteiger partial charge in [-0.05, 0) is 36.0 Å². The summed E-state index contributed by atoms with van der Waals surface area (Å²) in [5.41, 5.74) is -1.81. The van der Waals surface area contributed by atoms with Crippen LogP contribution in [0.2, 0.25) is 0 Å². The van der Waals surface area contributed by atoms with Gasteiger partial charge in [-0.1, -0.05) is 12.1 Å². The Morgan fingerprint density at radius 1 is 1.36 bits per heavy atom. The van der Waals surface area contributed by atoms with E-state index in [0.29, 0.717) is 0 Å². The molecule has 5 nitrogen and oxygen atoms in total. The van der Waals surface area contributed by atoms with E-state index in [-0.39, 0.29) is 23.0 Å². The number of nitrogens with zero attached hydrogens (tertiary/aromatic N) is 1. The third kappa shape index (κ3) is 3.87. The van der Waals surface area contributed by atoms with E-state index >= 15 is 0 Å². The number of halogens is 3. The molecule has 1 aromatic carbocycles. The summed E-state index contributed by atoms with van der Waals surface area (Å²) in [6.07, 6.45) is -2.42. The number of rotatable bonds is 4. The molecule has 25 heavy (non-hydrogen) atoms. The summed E-state index contributed by atoms with van der Waals surface area (Å²) < 4.78 is 44.6. The Hall–Kier alpha value is -2.68. The molecule has 0 atom stereocenters. The highest BCUT2D eigenvalue weighted by Gasteiger charge is 2.36. The minimum atomic E-state index is -4.69. The number of amides is 2. The van der Waals surface area contributed by atoms with Crippen LogP contribution in [-0.4, -0.2) is 35.5 Å². The van der Waals surface area contributed by atoms with Crippen LogP contribution in [0.15, 0.2) is 36.4 Å². The van der Waals surface area contributed by atoms with Gasteiger partial charge in [-0.25, -0.2) is 0 Å². The Bertz CT molecular complexity index is 787. The summed E-state index contributed by atoms with van der Waals surface area (Å²) in [6.45, 7) is 3.49. The Balaban J connectivity index is 2.55. The van der Waals surface area contributed by atoms with Crippen molar-refractivity contribution < 1.29 is 27.5 Å². The Morgan fingerprint density at radius 2 is 2.04 bits per heavy atom. The fourth-order valence-corrected chi connectivity index (χ4v) is 2.43. The first-order valence-electron chi connectivity index (χ1n) is 6.94. The van der Waals surface area contributed by atoms with Crippen LogP contribution < -0.4 is 10.1 Å². The van der Waals surface area contributed by atoms with Crippen molar-refractivity contribution in [2.24, 2.45) is 0 Å². The van der Waals surface area contributed by atoms with Crippen LogP contribution in [0.1, 0.15) is 11.1 Å². The second-order valence-electron chi connectivity index (χ2n) is 4.97. The molecule has 9 heteroatoms. The first-order valence-corrected chi connectivity index (χ1v) is 7.35. The van der Waals surface area contributed by atoms with Gasteiger partial charge in [0.2, 0.25) is 0 Å². The Labute approximate surface area is 146 Å². The maximum Gasteiger partial charge on any atom is 0.417 e. The molecule has 1 aromatic rings. The van der Waals surface area contributed by atoms with Gasteiger partial charge in [-0.15, -0.1) is 6.58 Å². The van der Waals surface area contributed by atoms with Crippen LogP contribution in [0.5, 0.6) is 5.75 Å². The molecule has 132 valence electrons. The van der Waals surface area contributed by atoms with Crippen LogP contribution in [0.4, 0.5) is 13.2 Å². The van der Waals surface area contributed by atoms with Gasteiger partial charge in [-0.2, -0.15) is 13.2 Å². The number of hydrogen-bond acceptors (Lipinski definition) is 4. The van der Waals surface area contributed by atoms with Crippen molar-refractivity contribution in [1.82, 2.24) is 10.2 Å². The highest BCUT2D eigenvalue weighted by molar-refractivity contribution is 7.80. The summed E-state index contributed by atoms with van der Waals surface area (Å²) in [5.74, 6) is -1.65. The zero-order valence-electron chi connectivity index (χ0n) is 13.0. The lowest BCUT2D eigenvalue weighted by molar-refractivity contribution is -0.138. The Morgan fingerprint density at radius 3 is 2.60 bits per heavy atom. The fraction of sp³-hybridized carbons (Fsp3) is 0.188. The molecule has 0 radical (unpaired) electrons. The molecule has 0 aromatic heterocycles. The quantitative estimate of drug-likeness (QED) is 0.383. The van der Waals surface area contributed by atoms with Crippen molar-refractivity contribution in [3.8, 4) is 5.75 Å². The average Bonchev–Trinajstić information content (AvgIpc) is 2.54. The van der Waals surface area contributed by atoms with Gasteiger partial charge in [0.15, 0.2) is 5.11 Å². The van der Waals surface area contributed by atoms with Gasteiger partial charge in [0.25, 0.3) is 11.8 Å². The lowest BCUT2D eigenvalue weighted by Crippen LogP contribution is -2.53. The van der Waals surface area contributed by atoms with Gasteiger partial charge in [0.1, 0.15) is 11.3 Å². The lowest BCUT2D eigenvalue weighted by atomic mass is 10.0. The van der Waals surface area contributed by atoms with E-state index in [1.807, 2.05) is 0 Å². The van der Waals surface area contributed by atoms with Crippen molar-refractivity contribution in [1.29, 1.82) is 0 Å². The van der Waals surface area contributed by atoms with Gasteiger partial charge < -0.3 is 4.74 Å². The molecule has 0 unspecified atom stereocenters. The van der Waals surface area contributed by atoms with Gasteiger partial charge in [0, 0.05) is 6.54 Å². The van der Waals surface area contributed by atoms with Crippen LogP contribution in [-0.2, 0) is 15.8 Å². The number of alkyl halides is 3. The number of carbonyl (C=O) groups is 2. The molecule has 0 saturated carbocycles. The SMILES string of the molecule is C=CCN1C(=O)/C(=C/c2ccc(OC)cc2C(F)(F)F)C(=O)NC1=S. The molecular formula is C16H13F3N2O3S. The van der Waals surface area contributed by atoms with Gasteiger partial charge >= 0.3 is 6.18 Å². The van der Waals surface area contributed by atoms with Crippen molar-refractivity contribution >= 4 is 35.2 Å². The molecule has 1 aliphatic rings. The maximum atomic E-state index is 13.3. The van der Waals surface area contributed by atoms with Crippen LogP contribution >= 0.6 is 12.2 Å². The molecule has 0 aliphatic carbocycles. The Kier molecular flexibility index (Phi) is 5.27. The first kappa shape index (κ1) is 18.7. The minimum absolute atomic E-state index is 0.00311. The molecule has 1 saturated heterocycles. The summed E-state index contributed by atoms with van der Waals surface area (Å²) in [7, 11) is 1.24. The summed E-state index contributed by atoms with van der Waals surface area (Å²) >= 11 is 4.88. The predicted molar refractivity (Wildman–Crippen MR) is 88.6 cm³/mol. The predicted octanol–water partition coefficient (Wildman–Crippen LogP) is 2.53. The normalized spacial score (nSPS) is 16.9. The summed E-state index contributed by atoms with van der Waals surface area (Å²) in [6, 6.07) is 3.22. The molecule has 1 N–H and O–H groups in total. The monoisotopic (exact) mass is 370 g/mol. The number of carbonyl (C=O) groups excluding carboxylic acids is 2. The standard InChI is InChI=1S/C16H13F3N2O3S/c1-3-6-21-14(23)11(13(22)20-15(21)25)7-9-4-5-10(24-2)8-12(9)16(17,18)19/h3-5,7-8H,1,6H2,2H3,(H,20,22,25)/b11-7+. The largest absolute Gasteiger partial charge is 0.497 e. The van der Waals surface area contributed by atoms with Crippen molar-refractivity contribution in [2.75, 3.05) is 13.7 Å². The van der Waals surface area contributed by atoms with Crippen molar-refractivity contribution in [2.45, 2.75) is 6.18 Å². The molecule has 2 rings (SSSR count). The average molecular weight is 370 g/mol. The van der Waals surface area contributed by atoms with Crippen LogP contribution in [0, 0.1) is 0 Å². The zero-order valence-corrected chi connectivity index (χ0v) is 13.8. The number of ether oxygens (including phenoxy) is 1. The second kappa shape index (κ2) is 7.06. The number of hydrogen-bond donors (Lipinski definition) is 1. The van der Waals surface area contributed by atoms with Crippen LogP contribution in [0.25, 0.3) is 6.08 Å². The van der Waals surface area contributed by atoms with E-state index < -0.39 is 29.1 Å². The zero-order chi connectivity index (χ0) is 18.8. The van der Waals surface area contributed by atoms with E-state index in [2.05, 4.69) is 11.9 Å². The number of nitrogens with one attached hydrogen (secondary N) is 1. The third-order valence-electron chi connectivity index (χ3n) is 3.36. The number of benzene rings is 1. The second-order valence-corrected chi connectivity index (χ2v) is 5.36. The molecule has 1 fully saturated rings. The summed E-state index contributed by atoms with van der Waals surface area (Å²) in [4.78, 5) is 25.4. The third-order valence-corrected chi connectivity index (χ3v) is 3.69. The molecule has 0 bridgehead atoms. The smallest absolute Gasteiger partial charge is 0.417 e. The van der Waals surface area contributed by atoms with E-state index in [4.69, 9.17) is 17.0 Å². The van der Waals surface area contributed by atoms with Gasteiger partial charge in [-0.3, -0.25) is 19.8 Å². The number of thiocarbonyl (C=S) groups is 1. The first-order chi connectivity index (χ1) is 11.7. The fourth-order valence-electron chi connectivity index (χ4n) is 2.18. The lowest BCUT2D eigenvalue weighted by Gasteiger charge is -2.28. The van der Waals surface area contributed by atoms with Gasteiger partial charge in [0.05, 0.1) is 12.7 Å². The topological polar surface area (TPSA) is 58.6 Å². The molecule has 1 aliphatic heterocycles. The van der Waals surface area contributed by atoms with Crippen molar-refractivity contribution in [3.63, 3.8) is 0 Å². The van der Waals surface area contributed by atoms with E-state index in [9.17, 15) is 22.8 Å². The van der Waals surface area contributed by atoms with E-state index in [1.165, 1.54) is 19.3 Å². The highest BCUT2D eigenvalue weighted by atomic mass is 32.1. The van der Waals surface area contributed by atoms with E-state index in [1.54, 1.807) is 0 Å².